The van der Waals surface area contributed by atoms with E-state index in [9.17, 15) is 18.0 Å². The molecule has 25 heavy (non-hydrogen) atoms. The fourth-order valence-electron chi connectivity index (χ4n) is 2.16. The Hall–Kier alpha value is -2.70. The fraction of sp³-hybridized carbons (Fsp3) is 0.278. The number of halogens is 3. The average Bonchev–Trinajstić information content (AvgIpc) is 2.56. The van der Waals surface area contributed by atoms with Crippen molar-refractivity contribution in [1.82, 2.24) is 0 Å². The minimum absolute atomic E-state index is 0.168. The first kappa shape index (κ1) is 18.6. The number of nitrogens with one attached hydrogen (secondary N) is 2. The second kappa shape index (κ2) is 8.41. The van der Waals surface area contributed by atoms with Gasteiger partial charge in [-0.1, -0.05) is 12.1 Å². The zero-order valence-electron chi connectivity index (χ0n) is 13.7. The number of carbonyl (C=O) groups is 1. The van der Waals surface area contributed by atoms with Crippen LogP contribution in [0.2, 0.25) is 0 Å². The minimum atomic E-state index is -4.35. The van der Waals surface area contributed by atoms with E-state index in [1.54, 1.807) is 18.2 Å². The van der Waals surface area contributed by atoms with Crippen molar-refractivity contribution in [3.63, 3.8) is 0 Å². The maximum Gasteiger partial charge on any atom is 0.416 e. The molecule has 0 aliphatic rings. The Bertz CT molecular complexity index is 700. The van der Waals surface area contributed by atoms with E-state index in [-0.39, 0.29) is 12.3 Å². The molecule has 0 saturated carbocycles. The number of anilines is 2. The summed E-state index contributed by atoms with van der Waals surface area (Å²) in [4.78, 5) is 12.0. The number of benzene rings is 2. The summed E-state index contributed by atoms with van der Waals surface area (Å²) in [5, 5.41) is 5.68. The number of carbonyl (C=O) groups excluding carboxylic acids is 1. The van der Waals surface area contributed by atoms with Crippen molar-refractivity contribution in [2.75, 3.05) is 23.8 Å². The zero-order chi connectivity index (χ0) is 18.3. The third-order valence-corrected chi connectivity index (χ3v) is 3.35. The molecular weight excluding hydrogens is 333 g/mol. The van der Waals surface area contributed by atoms with Gasteiger partial charge in [0.1, 0.15) is 5.75 Å². The highest BCUT2D eigenvalue weighted by Crippen LogP contribution is 2.29. The van der Waals surface area contributed by atoms with Crippen molar-refractivity contribution in [1.29, 1.82) is 0 Å². The molecule has 0 heterocycles. The van der Waals surface area contributed by atoms with Crippen molar-refractivity contribution >= 4 is 17.3 Å². The van der Waals surface area contributed by atoms with E-state index < -0.39 is 11.7 Å². The van der Waals surface area contributed by atoms with Gasteiger partial charge in [-0.05, 0) is 43.3 Å². The highest BCUT2D eigenvalue weighted by molar-refractivity contribution is 5.92. The molecule has 0 aliphatic carbocycles. The highest BCUT2D eigenvalue weighted by Gasteiger charge is 2.29. The Morgan fingerprint density at radius 1 is 1.08 bits per heavy atom. The molecule has 134 valence electrons. The first-order valence-electron chi connectivity index (χ1n) is 7.83. The van der Waals surface area contributed by atoms with E-state index in [4.69, 9.17) is 4.74 Å². The van der Waals surface area contributed by atoms with Gasteiger partial charge < -0.3 is 15.4 Å². The zero-order valence-corrected chi connectivity index (χ0v) is 13.7. The topological polar surface area (TPSA) is 50.4 Å². The summed E-state index contributed by atoms with van der Waals surface area (Å²) in [6.45, 7) is 2.64. The molecule has 2 rings (SSSR count). The van der Waals surface area contributed by atoms with Crippen LogP contribution in [-0.4, -0.2) is 19.1 Å². The van der Waals surface area contributed by atoms with Gasteiger partial charge >= 0.3 is 6.18 Å². The number of hydrogen-bond donors (Lipinski definition) is 2. The molecule has 2 aromatic rings. The van der Waals surface area contributed by atoms with Crippen LogP contribution in [0.1, 0.15) is 18.9 Å². The van der Waals surface area contributed by atoms with Crippen LogP contribution in [0.5, 0.6) is 5.75 Å². The molecule has 0 unspecified atom stereocenters. The van der Waals surface area contributed by atoms with Crippen LogP contribution in [-0.2, 0) is 11.0 Å². The summed E-state index contributed by atoms with van der Waals surface area (Å²) in [5.41, 5.74) is 0.405. The molecule has 0 bridgehead atoms. The van der Waals surface area contributed by atoms with Crippen LogP contribution in [0.4, 0.5) is 24.5 Å². The van der Waals surface area contributed by atoms with Gasteiger partial charge in [0.25, 0.3) is 0 Å². The highest BCUT2D eigenvalue weighted by atomic mass is 19.4. The van der Waals surface area contributed by atoms with Crippen LogP contribution in [0.3, 0.4) is 0 Å². The van der Waals surface area contributed by atoms with Crippen LogP contribution in [0.25, 0.3) is 0 Å². The van der Waals surface area contributed by atoms with E-state index in [1.165, 1.54) is 12.1 Å². The second-order valence-electron chi connectivity index (χ2n) is 5.23. The lowest BCUT2D eigenvalue weighted by atomic mass is 10.2. The average molecular weight is 352 g/mol. The molecule has 0 saturated heterocycles. The molecule has 1 amide bonds. The number of para-hydroxylation sites is 2. The number of alkyl halides is 3. The molecule has 0 spiro atoms. The standard InChI is InChI=1S/C18H19F3N2O2/c1-2-25-16-6-4-3-5-15(16)23-17(24)11-12-22-14-9-7-13(8-10-14)18(19,20)21/h3-10,22H,2,11-12H2,1H3,(H,23,24). The van der Waals surface area contributed by atoms with Crippen LogP contribution in [0.15, 0.2) is 48.5 Å². The summed E-state index contributed by atoms with van der Waals surface area (Å²) in [7, 11) is 0. The molecule has 2 N–H and O–H groups in total. The lowest BCUT2D eigenvalue weighted by molar-refractivity contribution is -0.137. The number of ether oxygens (including phenoxy) is 1. The van der Waals surface area contributed by atoms with Gasteiger partial charge in [0, 0.05) is 18.7 Å². The summed E-state index contributed by atoms with van der Waals surface area (Å²) >= 11 is 0. The smallest absolute Gasteiger partial charge is 0.416 e. The van der Waals surface area contributed by atoms with Crippen LogP contribution < -0.4 is 15.4 Å². The molecule has 0 radical (unpaired) electrons. The molecule has 2 aromatic carbocycles. The van der Waals surface area contributed by atoms with Gasteiger partial charge in [-0.25, -0.2) is 0 Å². The third-order valence-electron chi connectivity index (χ3n) is 3.35. The molecule has 7 heteroatoms. The first-order valence-corrected chi connectivity index (χ1v) is 7.83. The monoisotopic (exact) mass is 352 g/mol. The largest absolute Gasteiger partial charge is 0.492 e. The maximum absolute atomic E-state index is 12.5. The van der Waals surface area contributed by atoms with Crippen molar-refractivity contribution in [2.24, 2.45) is 0 Å². The summed E-state index contributed by atoms with van der Waals surface area (Å²) in [6, 6.07) is 11.8. The molecule has 0 aromatic heterocycles. The van der Waals surface area contributed by atoms with Crippen molar-refractivity contribution < 1.29 is 22.7 Å². The fourth-order valence-corrected chi connectivity index (χ4v) is 2.16. The molecular formula is C18H19F3N2O2. The quantitative estimate of drug-likeness (QED) is 0.769. The summed E-state index contributed by atoms with van der Waals surface area (Å²) in [5.74, 6) is 0.376. The molecule has 0 fully saturated rings. The van der Waals surface area contributed by atoms with E-state index in [1.807, 2.05) is 13.0 Å². The lowest BCUT2D eigenvalue weighted by Crippen LogP contribution is -2.17. The number of rotatable bonds is 7. The minimum Gasteiger partial charge on any atom is -0.492 e. The van der Waals surface area contributed by atoms with Gasteiger partial charge in [0.15, 0.2) is 0 Å². The Morgan fingerprint density at radius 3 is 2.40 bits per heavy atom. The van der Waals surface area contributed by atoms with Gasteiger partial charge in [0.2, 0.25) is 5.91 Å². The number of hydrogen-bond acceptors (Lipinski definition) is 3. The Kier molecular flexibility index (Phi) is 6.27. The van der Waals surface area contributed by atoms with E-state index in [0.29, 0.717) is 30.3 Å². The van der Waals surface area contributed by atoms with Gasteiger partial charge in [-0.15, -0.1) is 0 Å². The van der Waals surface area contributed by atoms with E-state index >= 15 is 0 Å². The predicted molar refractivity (Wildman–Crippen MR) is 90.8 cm³/mol. The van der Waals surface area contributed by atoms with Crippen LogP contribution >= 0.6 is 0 Å². The Balaban J connectivity index is 1.83. The lowest BCUT2D eigenvalue weighted by Gasteiger charge is -2.12. The van der Waals surface area contributed by atoms with Crippen LogP contribution in [0, 0.1) is 0 Å². The van der Waals surface area contributed by atoms with Gasteiger partial charge in [0.05, 0.1) is 17.9 Å². The molecule has 0 aliphatic heterocycles. The Labute approximate surface area is 144 Å². The maximum atomic E-state index is 12.5. The molecule has 0 atom stereocenters. The van der Waals surface area contributed by atoms with Crippen molar-refractivity contribution in [2.45, 2.75) is 19.5 Å². The van der Waals surface area contributed by atoms with Crippen molar-refractivity contribution in [3.05, 3.63) is 54.1 Å². The van der Waals surface area contributed by atoms with Gasteiger partial charge in [-0.2, -0.15) is 13.2 Å². The SMILES string of the molecule is CCOc1ccccc1NC(=O)CCNc1ccc(C(F)(F)F)cc1. The van der Waals surface area contributed by atoms with Gasteiger partial charge in [-0.3, -0.25) is 4.79 Å². The normalized spacial score (nSPS) is 11.0. The first-order chi connectivity index (χ1) is 11.9. The predicted octanol–water partition coefficient (Wildman–Crippen LogP) is 4.54. The second-order valence-corrected chi connectivity index (χ2v) is 5.23. The number of amides is 1. The third kappa shape index (κ3) is 5.70. The Morgan fingerprint density at radius 2 is 1.76 bits per heavy atom. The van der Waals surface area contributed by atoms with E-state index in [2.05, 4.69) is 10.6 Å². The summed E-state index contributed by atoms with van der Waals surface area (Å²) in [6.07, 6.45) is -4.19. The van der Waals surface area contributed by atoms with Crippen molar-refractivity contribution in [3.8, 4) is 5.75 Å². The van der Waals surface area contributed by atoms with E-state index in [0.717, 1.165) is 12.1 Å². The summed E-state index contributed by atoms with van der Waals surface area (Å²) < 4.78 is 42.9. The molecule has 4 nitrogen and oxygen atoms in total.